The molecule has 42 heavy (non-hydrogen) atoms. The first kappa shape index (κ1) is 31.2. The summed E-state index contributed by atoms with van der Waals surface area (Å²) >= 11 is 0. The fourth-order valence-corrected chi connectivity index (χ4v) is 3.77. The maximum atomic E-state index is 12.7. The van der Waals surface area contributed by atoms with Crippen LogP contribution in [0.1, 0.15) is 32.1 Å². The topological polar surface area (TPSA) is 194 Å². The van der Waals surface area contributed by atoms with E-state index in [1.807, 2.05) is 0 Å². The Morgan fingerprint density at radius 2 is 0.929 bits per heavy atom. The molecule has 0 fully saturated rings. The predicted molar refractivity (Wildman–Crippen MR) is 142 cm³/mol. The van der Waals surface area contributed by atoms with Crippen LogP contribution in [-0.2, 0) is 41.7 Å². The van der Waals surface area contributed by atoms with Gasteiger partial charge in [-0.15, -0.1) is 0 Å². The van der Waals surface area contributed by atoms with Crippen LogP contribution in [0.2, 0.25) is 0 Å². The molecule has 1 heterocycles. The number of ether oxygens (including phenoxy) is 2. The van der Waals surface area contributed by atoms with Gasteiger partial charge in [-0.25, -0.2) is 19.6 Å². The van der Waals surface area contributed by atoms with E-state index in [2.05, 4.69) is 9.97 Å². The van der Waals surface area contributed by atoms with Crippen molar-refractivity contribution < 1.29 is 48.5 Å². The van der Waals surface area contributed by atoms with Gasteiger partial charge in [-0.1, -0.05) is 60.7 Å². The minimum Gasteiger partial charge on any atom is -0.480 e. The first-order chi connectivity index (χ1) is 20.1. The molecule has 0 amide bonds. The average Bonchev–Trinajstić information content (AvgIpc) is 2.93. The molecule has 0 aliphatic rings. The second-order valence-electron chi connectivity index (χ2n) is 8.83. The largest absolute Gasteiger partial charge is 0.480 e. The van der Waals surface area contributed by atoms with Gasteiger partial charge in [-0.2, -0.15) is 0 Å². The molecular weight excluding hydrogens is 552 g/mol. The number of carbonyl (C=O) groups excluding carboxylic acids is 4. The number of carboxylic acid groups (broad SMARTS) is 2. The van der Waals surface area contributed by atoms with Crippen LogP contribution in [0.5, 0.6) is 0 Å². The molecule has 0 bridgehead atoms. The van der Waals surface area contributed by atoms with Crippen LogP contribution in [0.3, 0.4) is 0 Å². The van der Waals surface area contributed by atoms with E-state index >= 15 is 0 Å². The number of hydrogen-bond acceptors (Lipinski definition) is 12. The Hall–Kier alpha value is -5.34. The van der Waals surface area contributed by atoms with E-state index in [4.69, 9.17) is 9.47 Å². The van der Waals surface area contributed by atoms with E-state index in [0.29, 0.717) is 11.1 Å². The van der Waals surface area contributed by atoms with E-state index in [9.17, 15) is 39.0 Å². The van der Waals surface area contributed by atoms with Crippen LogP contribution in [0.15, 0.2) is 73.1 Å². The van der Waals surface area contributed by atoms with Crippen LogP contribution in [0.25, 0.3) is 0 Å². The van der Waals surface area contributed by atoms with Crippen molar-refractivity contribution in [1.82, 2.24) is 19.8 Å². The van der Waals surface area contributed by atoms with Crippen LogP contribution < -0.4 is 0 Å². The molecule has 1 aromatic heterocycles. The van der Waals surface area contributed by atoms with Crippen LogP contribution >= 0.6 is 0 Å². The lowest BCUT2D eigenvalue weighted by Gasteiger charge is -2.19. The number of rotatable bonds is 14. The standard InChI is InChI=1S/C28H26N4O10/c33-21(34)15-31(13-19-7-3-1-4-8-19)17-23(37)41-27(39)25-26(30-12-11-29-25)28(40)42-24(38)18-32(16-22(35)36)14-20-9-5-2-6-10-20/h1-12H,13-18H2,(H,33,34)(H,35,36). The fraction of sp³-hybridized carbons (Fsp3) is 0.214. The lowest BCUT2D eigenvalue weighted by molar-refractivity contribution is -0.144. The molecule has 0 unspecified atom stereocenters. The Morgan fingerprint density at radius 1 is 0.571 bits per heavy atom. The van der Waals surface area contributed by atoms with Crippen LogP contribution in [0.4, 0.5) is 0 Å². The Balaban J connectivity index is 1.64. The normalized spacial score (nSPS) is 10.7. The van der Waals surface area contributed by atoms with Gasteiger partial charge >= 0.3 is 35.8 Å². The van der Waals surface area contributed by atoms with E-state index in [1.165, 1.54) is 9.80 Å². The van der Waals surface area contributed by atoms with Gasteiger partial charge in [0.25, 0.3) is 0 Å². The van der Waals surface area contributed by atoms with E-state index in [1.54, 1.807) is 60.7 Å². The summed E-state index contributed by atoms with van der Waals surface area (Å²) in [6, 6.07) is 17.4. The molecule has 3 rings (SSSR count). The zero-order valence-corrected chi connectivity index (χ0v) is 22.1. The van der Waals surface area contributed by atoms with Crippen molar-refractivity contribution >= 4 is 35.8 Å². The SMILES string of the molecule is O=C(O)CN(CC(=O)OC(=O)c1nccnc1C(=O)OC(=O)CN(CC(=O)O)Cc1ccccc1)Cc1ccccc1. The van der Waals surface area contributed by atoms with Gasteiger partial charge in [-0.3, -0.25) is 29.0 Å². The van der Waals surface area contributed by atoms with Gasteiger partial charge in [0.2, 0.25) is 0 Å². The number of hydrogen-bond donors (Lipinski definition) is 2. The minimum absolute atomic E-state index is 0.0738. The lowest BCUT2D eigenvalue weighted by Crippen LogP contribution is -2.36. The predicted octanol–water partition coefficient (Wildman–Crippen LogP) is 1.02. The van der Waals surface area contributed by atoms with Crippen molar-refractivity contribution in [3.05, 3.63) is 95.6 Å². The summed E-state index contributed by atoms with van der Waals surface area (Å²) in [7, 11) is 0. The van der Waals surface area contributed by atoms with Crippen molar-refractivity contribution in [3.8, 4) is 0 Å². The maximum Gasteiger partial charge on any atom is 0.367 e. The second-order valence-corrected chi connectivity index (χ2v) is 8.83. The second kappa shape index (κ2) is 15.4. The van der Waals surface area contributed by atoms with E-state index in [0.717, 1.165) is 12.4 Å². The molecule has 14 nitrogen and oxygen atoms in total. The van der Waals surface area contributed by atoms with Gasteiger partial charge < -0.3 is 19.7 Å². The molecule has 0 saturated heterocycles. The Kier molecular flexibility index (Phi) is 11.5. The highest BCUT2D eigenvalue weighted by Gasteiger charge is 2.28. The average molecular weight is 579 g/mol. The number of carboxylic acids is 2. The third-order valence-corrected chi connectivity index (χ3v) is 5.42. The first-order valence-corrected chi connectivity index (χ1v) is 12.4. The van der Waals surface area contributed by atoms with Crippen molar-refractivity contribution in [2.24, 2.45) is 0 Å². The highest BCUT2D eigenvalue weighted by Crippen LogP contribution is 2.10. The quantitative estimate of drug-likeness (QED) is 0.203. The van der Waals surface area contributed by atoms with Gasteiger partial charge in [0, 0.05) is 25.5 Å². The van der Waals surface area contributed by atoms with Gasteiger partial charge in [0.05, 0.1) is 26.2 Å². The first-order valence-electron chi connectivity index (χ1n) is 12.4. The van der Waals surface area contributed by atoms with Crippen molar-refractivity contribution in [3.63, 3.8) is 0 Å². The maximum absolute atomic E-state index is 12.7. The van der Waals surface area contributed by atoms with E-state index in [-0.39, 0.29) is 13.1 Å². The molecule has 0 aliphatic heterocycles. The Labute approximate surface area is 239 Å². The third-order valence-electron chi connectivity index (χ3n) is 5.42. The monoisotopic (exact) mass is 578 g/mol. The number of esters is 4. The summed E-state index contributed by atoms with van der Waals surface area (Å²) in [5, 5.41) is 18.4. The fourth-order valence-electron chi connectivity index (χ4n) is 3.77. The molecule has 2 aromatic carbocycles. The molecule has 0 spiro atoms. The molecule has 3 aromatic rings. The van der Waals surface area contributed by atoms with E-state index < -0.39 is 73.4 Å². The third kappa shape index (κ3) is 10.3. The van der Waals surface area contributed by atoms with Gasteiger partial charge in [-0.05, 0) is 11.1 Å². The number of nitrogens with zero attached hydrogens (tertiary/aromatic N) is 4. The summed E-state index contributed by atoms with van der Waals surface area (Å²) in [6.45, 7) is -2.05. The number of benzene rings is 2. The smallest absolute Gasteiger partial charge is 0.367 e. The molecule has 218 valence electrons. The van der Waals surface area contributed by atoms with Crippen LogP contribution in [-0.4, -0.2) is 92.0 Å². The molecule has 14 heteroatoms. The molecular formula is C28H26N4O10. The summed E-state index contributed by atoms with van der Waals surface area (Å²) in [6.07, 6.45) is 2.08. The number of carbonyl (C=O) groups is 6. The zero-order valence-electron chi connectivity index (χ0n) is 22.1. The molecule has 2 N–H and O–H groups in total. The Bertz CT molecular complexity index is 1320. The van der Waals surface area contributed by atoms with Crippen molar-refractivity contribution in [2.45, 2.75) is 13.1 Å². The van der Waals surface area contributed by atoms with Gasteiger partial charge in [0.15, 0.2) is 11.4 Å². The Morgan fingerprint density at radius 3 is 1.26 bits per heavy atom. The summed E-state index contributed by atoms with van der Waals surface area (Å²) in [5.41, 5.74) is -0.00859. The number of aliphatic carboxylic acids is 2. The van der Waals surface area contributed by atoms with Crippen molar-refractivity contribution in [1.29, 1.82) is 0 Å². The summed E-state index contributed by atoms with van der Waals surface area (Å²) in [4.78, 5) is 82.7. The minimum atomic E-state index is -1.38. The summed E-state index contributed by atoms with van der Waals surface area (Å²) < 4.78 is 9.55. The molecule has 0 aliphatic carbocycles. The van der Waals surface area contributed by atoms with Crippen molar-refractivity contribution in [2.75, 3.05) is 26.2 Å². The molecule has 0 saturated carbocycles. The van der Waals surface area contributed by atoms with Crippen LogP contribution in [0, 0.1) is 0 Å². The lowest BCUT2D eigenvalue weighted by atomic mass is 10.2. The molecule has 0 atom stereocenters. The highest BCUT2D eigenvalue weighted by atomic mass is 16.6. The highest BCUT2D eigenvalue weighted by molar-refractivity contribution is 6.05. The zero-order chi connectivity index (χ0) is 30.5. The summed E-state index contributed by atoms with van der Waals surface area (Å²) in [5.74, 6) is -7.41. The number of aromatic nitrogens is 2. The molecule has 0 radical (unpaired) electrons. The van der Waals surface area contributed by atoms with Gasteiger partial charge in [0.1, 0.15) is 0 Å².